The maximum atomic E-state index is 12.2. The average molecular weight is 439 g/mol. The molecular formula is C17H37O3PSn. The Bertz CT molecular complexity index is 315. The fraction of sp³-hybridized carbons (Fsp3) is 0.882. The Balaban J connectivity index is 5.01. The summed E-state index contributed by atoms with van der Waals surface area (Å²) < 4.78 is 29.1. The van der Waals surface area contributed by atoms with E-state index >= 15 is 0 Å². The summed E-state index contributed by atoms with van der Waals surface area (Å²) in [6.07, 6.45) is 10.4. The summed E-state index contributed by atoms with van der Waals surface area (Å²) in [5, 5.41) is 0. The fourth-order valence-electron chi connectivity index (χ4n) is 2.87. The van der Waals surface area contributed by atoms with Gasteiger partial charge in [0.15, 0.2) is 0 Å². The molecule has 0 aliphatic heterocycles. The average Bonchev–Trinajstić information content (AvgIpc) is 2.55. The topological polar surface area (TPSA) is 35.5 Å². The van der Waals surface area contributed by atoms with Gasteiger partial charge in [-0.3, -0.25) is 0 Å². The van der Waals surface area contributed by atoms with Crippen LogP contribution in [0.4, 0.5) is 0 Å². The van der Waals surface area contributed by atoms with Crippen LogP contribution in [-0.2, 0) is 13.6 Å². The van der Waals surface area contributed by atoms with E-state index < -0.39 is 26.0 Å². The molecule has 5 heteroatoms. The summed E-state index contributed by atoms with van der Waals surface area (Å²) in [4.78, 5) is 0. The van der Waals surface area contributed by atoms with Crippen molar-refractivity contribution < 1.29 is 13.6 Å². The molecule has 0 spiro atoms. The van der Waals surface area contributed by atoms with Gasteiger partial charge in [0.1, 0.15) is 0 Å². The van der Waals surface area contributed by atoms with Crippen LogP contribution >= 0.6 is 7.60 Å². The van der Waals surface area contributed by atoms with Gasteiger partial charge >= 0.3 is 143 Å². The summed E-state index contributed by atoms with van der Waals surface area (Å²) in [6, 6.07) is 0. The number of allylic oxidation sites excluding steroid dienone is 1. The van der Waals surface area contributed by atoms with Crippen LogP contribution in [-0.4, -0.2) is 38.8 Å². The van der Waals surface area contributed by atoms with Crippen LogP contribution in [0.3, 0.4) is 0 Å². The zero-order valence-electron chi connectivity index (χ0n) is 15.4. The summed E-state index contributed by atoms with van der Waals surface area (Å²) in [7, 11) is 0.0462. The Morgan fingerprint density at radius 3 is 1.59 bits per heavy atom. The van der Waals surface area contributed by atoms with Crippen LogP contribution in [0.25, 0.3) is 0 Å². The third-order valence-electron chi connectivity index (χ3n) is 4.44. The third kappa shape index (κ3) is 9.10. The van der Waals surface area contributed by atoms with Crippen molar-refractivity contribution in [1.82, 2.24) is 0 Å². The molecule has 0 bridgehead atoms. The molecule has 0 unspecified atom stereocenters. The van der Waals surface area contributed by atoms with Crippen LogP contribution in [0.2, 0.25) is 13.3 Å². The van der Waals surface area contributed by atoms with E-state index in [4.69, 9.17) is 9.05 Å². The maximum absolute atomic E-state index is 12.2. The van der Waals surface area contributed by atoms with Gasteiger partial charge in [-0.15, -0.1) is 0 Å². The van der Waals surface area contributed by atoms with E-state index in [9.17, 15) is 4.57 Å². The van der Waals surface area contributed by atoms with Crippen molar-refractivity contribution in [2.24, 2.45) is 0 Å². The van der Waals surface area contributed by atoms with Crippen molar-refractivity contribution in [2.75, 3.05) is 20.4 Å². The Hall–Kier alpha value is 0.689. The summed E-state index contributed by atoms with van der Waals surface area (Å²) in [5.74, 6) is 0. The summed E-state index contributed by atoms with van der Waals surface area (Å²) >= 11 is -2.24. The molecule has 0 aromatic rings. The number of unbranched alkanes of at least 4 members (excludes halogenated alkanes) is 3. The molecule has 0 heterocycles. The molecule has 3 nitrogen and oxygen atoms in total. The molecule has 0 aliphatic rings. The molecule has 0 radical (unpaired) electrons. The van der Waals surface area contributed by atoms with Crippen molar-refractivity contribution in [1.29, 1.82) is 0 Å². The minimum absolute atomic E-state index is 0.420. The van der Waals surface area contributed by atoms with Gasteiger partial charge in [-0.1, -0.05) is 0 Å². The first-order chi connectivity index (χ1) is 10.5. The van der Waals surface area contributed by atoms with E-state index in [2.05, 4.69) is 30.9 Å². The predicted molar refractivity (Wildman–Crippen MR) is 101 cm³/mol. The SMILES string of the molecule is CCC[CH2][Sn](/[CH]=C/CP(=O)(OC)OC)([CH2]CCC)[CH2]CCC. The summed E-state index contributed by atoms with van der Waals surface area (Å²) in [6.45, 7) is 6.85. The van der Waals surface area contributed by atoms with E-state index in [1.807, 2.05) is 0 Å². The standard InChI is InChI=1S/C5H10O3P.3C4H9.Sn/c1-4-5-9(6,7-2)8-3;3*1-3-4-2;/h1,4H,5H2,2-3H3;3*1,3-4H2,2H3;. The van der Waals surface area contributed by atoms with Gasteiger partial charge in [-0.25, -0.2) is 0 Å². The van der Waals surface area contributed by atoms with Crippen LogP contribution < -0.4 is 0 Å². The number of hydrogen-bond donors (Lipinski definition) is 0. The van der Waals surface area contributed by atoms with Crippen molar-refractivity contribution in [2.45, 2.75) is 72.6 Å². The molecule has 132 valence electrons. The molecule has 0 rings (SSSR count). The first-order valence-corrected chi connectivity index (χ1v) is 18.3. The van der Waals surface area contributed by atoms with E-state index in [1.165, 1.54) is 66.1 Å². The van der Waals surface area contributed by atoms with Crippen molar-refractivity contribution in [3.8, 4) is 0 Å². The minimum atomic E-state index is -2.90. The Kier molecular flexibility index (Phi) is 13.4. The van der Waals surface area contributed by atoms with Crippen molar-refractivity contribution >= 4 is 26.0 Å². The molecule has 0 saturated carbocycles. The van der Waals surface area contributed by atoms with E-state index in [0.29, 0.717) is 6.16 Å². The normalized spacial score (nSPS) is 13.1. The van der Waals surface area contributed by atoms with Gasteiger partial charge in [-0.05, 0) is 0 Å². The van der Waals surface area contributed by atoms with Gasteiger partial charge in [0.05, 0.1) is 0 Å². The molecule has 0 aromatic heterocycles. The molecule has 0 aromatic carbocycles. The Labute approximate surface area is 142 Å². The second-order valence-corrected chi connectivity index (χ2v) is 21.6. The third-order valence-corrected chi connectivity index (χ3v) is 20.5. The summed E-state index contributed by atoms with van der Waals surface area (Å²) in [5.41, 5.74) is 0. The van der Waals surface area contributed by atoms with Crippen molar-refractivity contribution in [3.63, 3.8) is 0 Å². The van der Waals surface area contributed by atoms with E-state index in [1.54, 1.807) is 0 Å². The van der Waals surface area contributed by atoms with Crippen molar-refractivity contribution in [3.05, 3.63) is 10.2 Å². The number of hydrogen-bond acceptors (Lipinski definition) is 3. The van der Waals surface area contributed by atoms with Gasteiger partial charge in [0.25, 0.3) is 0 Å². The monoisotopic (exact) mass is 440 g/mol. The van der Waals surface area contributed by atoms with Crippen LogP contribution in [0.5, 0.6) is 0 Å². The van der Waals surface area contributed by atoms with E-state index in [-0.39, 0.29) is 0 Å². The van der Waals surface area contributed by atoms with Gasteiger partial charge < -0.3 is 0 Å². The first kappa shape index (κ1) is 22.7. The Morgan fingerprint density at radius 2 is 1.27 bits per heavy atom. The molecule has 0 fully saturated rings. The molecule has 0 atom stereocenters. The molecular weight excluding hydrogens is 402 g/mol. The number of rotatable bonds is 14. The molecule has 0 amide bonds. The zero-order chi connectivity index (χ0) is 16.9. The first-order valence-electron chi connectivity index (χ1n) is 8.89. The molecule has 0 saturated heterocycles. The van der Waals surface area contributed by atoms with Gasteiger partial charge in [0, 0.05) is 0 Å². The second-order valence-electron chi connectivity index (χ2n) is 6.23. The fourth-order valence-corrected chi connectivity index (χ4v) is 18.6. The molecule has 0 N–H and O–H groups in total. The molecule has 0 aliphatic carbocycles. The second kappa shape index (κ2) is 13.0. The van der Waals surface area contributed by atoms with Gasteiger partial charge in [-0.2, -0.15) is 0 Å². The van der Waals surface area contributed by atoms with Crippen LogP contribution in [0.15, 0.2) is 10.2 Å². The van der Waals surface area contributed by atoms with Crippen LogP contribution in [0, 0.1) is 0 Å². The van der Waals surface area contributed by atoms with E-state index in [0.717, 1.165) is 0 Å². The van der Waals surface area contributed by atoms with Crippen LogP contribution in [0.1, 0.15) is 59.3 Å². The Morgan fingerprint density at radius 1 is 0.864 bits per heavy atom. The predicted octanol–water partition coefficient (Wildman–Crippen LogP) is 6.42. The quantitative estimate of drug-likeness (QED) is 0.232. The zero-order valence-corrected chi connectivity index (χ0v) is 19.1. The molecule has 22 heavy (non-hydrogen) atoms. The van der Waals surface area contributed by atoms with Gasteiger partial charge in [0.2, 0.25) is 0 Å².